The summed E-state index contributed by atoms with van der Waals surface area (Å²) >= 11 is 0. The van der Waals surface area contributed by atoms with Crippen molar-refractivity contribution in [1.82, 2.24) is 4.90 Å². The summed E-state index contributed by atoms with van der Waals surface area (Å²) < 4.78 is 5.75. The van der Waals surface area contributed by atoms with Crippen molar-refractivity contribution in [1.29, 1.82) is 0 Å². The molecule has 1 N–H and O–H groups in total. The summed E-state index contributed by atoms with van der Waals surface area (Å²) in [5.41, 5.74) is 3.38. The number of carbonyl (C=O) groups is 3. The first-order chi connectivity index (χ1) is 15.9. The third kappa shape index (κ3) is 5.53. The molecule has 2 aromatic carbocycles. The fraction of sp³-hybridized carbons (Fsp3) is 0.423. The number of hydrogen-bond donors (Lipinski definition) is 1. The van der Waals surface area contributed by atoms with Gasteiger partial charge in [0.05, 0.1) is 5.69 Å². The minimum atomic E-state index is -0.665. The fourth-order valence-electron chi connectivity index (χ4n) is 4.26. The van der Waals surface area contributed by atoms with E-state index in [4.69, 9.17) is 4.74 Å². The number of carbonyl (C=O) groups excluding carboxylic acids is 3. The van der Waals surface area contributed by atoms with Gasteiger partial charge in [0.15, 0.2) is 6.10 Å². The Bertz CT molecular complexity index is 1030. The Morgan fingerprint density at radius 2 is 1.79 bits per heavy atom. The van der Waals surface area contributed by atoms with Gasteiger partial charge in [0.25, 0.3) is 5.91 Å². The molecule has 7 heteroatoms. The number of nitrogens with zero attached hydrogens (tertiary/aromatic N) is 2. The van der Waals surface area contributed by atoms with Crippen molar-refractivity contribution in [2.75, 3.05) is 29.9 Å². The fourth-order valence-corrected chi connectivity index (χ4v) is 4.26. The molecule has 0 aliphatic carbocycles. The highest BCUT2D eigenvalue weighted by atomic mass is 16.5. The van der Waals surface area contributed by atoms with E-state index in [1.165, 1.54) is 10.5 Å². The van der Waals surface area contributed by atoms with Crippen molar-refractivity contribution in [3.8, 4) is 5.75 Å². The monoisotopic (exact) mass is 449 g/mol. The molecule has 2 aromatic rings. The number of aryl methyl sites for hydroxylation is 2. The summed E-state index contributed by atoms with van der Waals surface area (Å²) in [5, 5.41) is 2.91. The van der Waals surface area contributed by atoms with Gasteiger partial charge in [-0.2, -0.15) is 0 Å². The molecule has 1 saturated heterocycles. The molecular weight excluding hydrogens is 418 g/mol. The van der Waals surface area contributed by atoms with Crippen molar-refractivity contribution in [2.45, 2.75) is 52.1 Å². The maximum atomic E-state index is 12.9. The summed E-state index contributed by atoms with van der Waals surface area (Å²) in [4.78, 5) is 41.6. The highest BCUT2D eigenvalue weighted by Crippen LogP contribution is 2.36. The number of benzene rings is 2. The maximum Gasteiger partial charge on any atom is 0.268 e. The molecule has 3 amide bonds. The van der Waals surface area contributed by atoms with Gasteiger partial charge < -0.3 is 15.0 Å². The third-order valence-corrected chi connectivity index (χ3v) is 6.21. The molecule has 4 rings (SSSR count). The molecule has 0 spiro atoms. The average molecular weight is 450 g/mol. The van der Waals surface area contributed by atoms with Gasteiger partial charge in [0, 0.05) is 25.2 Å². The van der Waals surface area contributed by atoms with E-state index in [0.717, 1.165) is 37.9 Å². The molecule has 1 unspecified atom stereocenters. The van der Waals surface area contributed by atoms with E-state index in [1.54, 1.807) is 25.1 Å². The predicted molar refractivity (Wildman–Crippen MR) is 127 cm³/mol. The summed E-state index contributed by atoms with van der Waals surface area (Å²) in [7, 11) is 0. The van der Waals surface area contributed by atoms with Crippen LogP contribution in [-0.4, -0.2) is 48.4 Å². The van der Waals surface area contributed by atoms with Crippen molar-refractivity contribution in [3.63, 3.8) is 0 Å². The molecule has 174 valence electrons. The molecule has 33 heavy (non-hydrogen) atoms. The van der Waals surface area contributed by atoms with Crippen molar-refractivity contribution in [3.05, 3.63) is 53.6 Å². The largest absolute Gasteiger partial charge is 0.479 e. The zero-order valence-electron chi connectivity index (χ0n) is 19.3. The molecule has 2 aliphatic heterocycles. The first-order valence-electron chi connectivity index (χ1n) is 11.7. The SMILES string of the molecule is Cc1ccc(CCC(=O)Nc2ccc3c(c2)N(CC(=O)N2CCCCC2)C(=O)C(C)O3)cc1. The molecule has 0 aromatic heterocycles. The lowest BCUT2D eigenvalue weighted by atomic mass is 10.1. The van der Waals surface area contributed by atoms with Crippen LogP contribution in [-0.2, 0) is 20.8 Å². The minimum Gasteiger partial charge on any atom is -0.479 e. The zero-order chi connectivity index (χ0) is 23.4. The predicted octanol–water partition coefficient (Wildman–Crippen LogP) is 3.69. The molecule has 1 fully saturated rings. The second kappa shape index (κ2) is 10.1. The number of likely N-dealkylation sites (tertiary alicyclic amines) is 1. The van der Waals surface area contributed by atoms with Crippen LogP contribution >= 0.6 is 0 Å². The highest BCUT2D eigenvalue weighted by Gasteiger charge is 2.34. The number of anilines is 2. The minimum absolute atomic E-state index is 0.0235. The van der Waals surface area contributed by atoms with Gasteiger partial charge in [-0.05, 0) is 63.3 Å². The van der Waals surface area contributed by atoms with E-state index in [2.05, 4.69) is 5.32 Å². The van der Waals surface area contributed by atoms with Crippen LogP contribution in [0.1, 0.15) is 43.7 Å². The van der Waals surface area contributed by atoms with E-state index in [1.807, 2.05) is 36.1 Å². The molecular formula is C26H31N3O4. The molecule has 0 radical (unpaired) electrons. The van der Waals surface area contributed by atoms with Crippen molar-refractivity contribution in [2.24, 2.45) is 0 Å². The summed E-state index contributed by atoms with van der Waals surface area (Å²) in [6.07, 6.45) is 3.45. The molecule has 1 atom stereocenters. The summed E-state index contributed by atoms with van der Waals surface area (Å²) in [6, 6.07) is 13.4. The van der Waals surface area contributed by atoms with Crippen molar-refractivity contribution >= 4 is 29.1 Å². The normalized spacial score (nSPS) is 17.9. The van der Waals surface area contributed by atoms with Crippen LogP contribution in [0.25, 0.3) is 0 Å². The molecule has 2 heterocycles. The Balaban J connectivity index is 1.45. The Morgan fingerprint density at radius 1 is 1.06 bits per heavy atom. The van der Waals surface area contributed by atoms with Gasteiger partial charge in [0.1, 0.15) is 12.3 Å². The molecule has 0 saturated carbocycles. The van der Waals surface area contributed by atoms with Gasteiger partial charge in [-0.15, -0.1) is 0 Å². The lowest BCUT2D eigenvalue weighted by molar-refractivity contribution is -0.133. The van der Waals surface area contributed by atoms with Crippen LogP contribution in [0, 0.1) is 6.92 Å². The lowest BCUT2D eigenvalue weighted by Gasteiger charge is -2.35. The van der Waals surface area contributed by atoms with Crippen LogP contribution in [0.3, 0.4) is 0 Å². The number of rotatable bonds is 6. The van der Waals surface area contributed by atoms with Crippen LogP contribution in [0.4, 0.5) is 11.4 Å². The smallest absolute Gasteiger partial charge is 0.268 e. The van der Waals surface area contributed by atoms with Gasteiger partial charge in [-0.25, -0.2) is 0 Å². The van der Waals surface area contributed by atoms with E-state index >= 15 is 0 Å². The number of ether oxygens (including phenoxy) is 1. The first kappa shape index (κ1) is 22.8. The average Bonchev–Trinajstić information content (AvgIpc) is 2.82. The highest BCUT2D eigenvalue weighted by molar-refractivity contribution is 6.04. The molecule has 2 aliphatic rings. The number of fused-ring (bicyclic) bond motifs is 1. The number of piperidine rings is 1. The zero-order valence-corrected chi connectivity index (χ0v) is 19.3. The van der Waals surface area contributed by atoms with Gasteiger partial charge in [0.2, 0.25) is 11.8 Å². The first-order valence-corrected chi connectivity index (χ1v) is 11.7. The lowest BCUT2D eigenvalue weighted by Crippen LogP contribution is -2.50. The Kier molecular flexibility index (Phi) is 6.96. The van der Waals surface area contributed by atoms with Crippen LogP contribution in [0.5, 0.6) is 5.75 Å². The number of hydrogen-bond acceptors (Lipinski definition) is 4. The van der Waals surface area contributed by atoms with Gasteiger partial charge >= 0.3 is 0 Å². The van der Waals surface area contributed by atoms with E-state index in [0.29, 0.717) is 30.0 Å². The molecule has 0 bridgehead atoms. The molecule has 7 nitrogen and oxygen atoms in total. The Hall–Kier alpha value is -3.35. The van der Waals surface area contributed by atoms with Crippen LogP contribution < -0.4 is 15.0 Å². The second-order valence-electron chi connectivity index (χ2n) is 8.84. The standard InChI is InChI=1S/C26H31N3O4/c1-18-6-8-20(9-7-18)10-13-24(30)27-21-11-12-23-22(16-21)29(26(32)19(2)33-23)17-25(31)28-14-4-3-5-15-28/h6-9,11-12,16,19H,3-5,10,13-15,17H2,1-2H3,(H,27,30). The second-order valence-corrected chi connectivity index (χ2v) is 8.84. The Morgan fingerprint density at radius 3 is 2.52 bits per heavy atom. The number of nitrogens with one attached hydrogen (secondary N) is 1. The topological polar surface area (TPSA) is 79.0 Å². The van der Waals surface area contributed by atoms with Crippen molar-refractivity contribution < 1.29 is 19.1 Å². The van der Waals surface area contributed by atoms with E-state index in [-0.39, 0.29) is 24.3 Å². The van der Waals surface area contributed by atoms with E-state index in [9.17, 15) is 14.4 Å². The maximum absolute atomic E-state index is 12.9. The Labute approximate surface area is 194 Å². The van der Waals surface area contributed by atoms with Crippen LogP contribution in [0.2, 0.25) is 0 Å². The van der Waals surface area contributed by atoms with Gasteiger partial charge in [-0.3, -0.25) is 19.3 Å². The van der Waals surface area contributed by atoms with Gasteiger partial charge in [-0.1, -0.05) is 29.8 Å². The summed E-state index contributed by atoms with van der Waals surface area (Å²) in [5.74, 6) is 0.112. The third-order valence-electron chi connectivity index (χ3n) is 6.21. The van der Waals surface area contributed by atoms with Crippen LogP contribution in [0.15, 0.2) is 42.5 Å². The quantitative estimate of drug-likeness (QED) is 0.730. The number of amides is 3. The summed E-state index contributed by atoms with van der Waals surface area (Å²) in [6.45, 7) is 5.16. The van der Waals surface area contributed by atoms with E-state index < -0.39 is 6.10 Å².